The van der Waals surface area contributed by atoms with Crippen molar-refractivity contribution in [3.8, 4) is 5.75 Å². The number of furan rings is 1. The van der Waals surface area contributed by atoms with Crippen LogP contribution in [-0.2, 0) is 11.3 Å². The first-order chi connectivity index (χ1) is 12.3. The Kier molecular flexibility index (Phi) is 5.74. The van der Waals surface area contributed by atoms with Gasteiger partial charge >= 0.3 is 0 Å². The monoisotopic (exact) mass is 342 g/mol. The predicted octanol–water partition coefficient (Wildman–Crippen LogP) is 3.08. The second-order valence-corrected chi connectivity index (χ2v) is 5.62. The van der Waals surface area contributed by atoms with E-state index in [0.717, 1.165) is 17.7 Å². The number of aromatic nitrogens is 1. The second kappa shape index (κ2) is 8.39. The fraction of sp³-hybridized carbons (Fsp3) is 0.316. The molecule has 0 fully saturated rings. The van der Waals surface area contributed by atoms with Crippen molar-refractivity contribution in [3.63, 3.8) is 0 Å². The second-order valence-electron chi connectivity index (χ2n) is 5.62. The Hall–Kier alpha value is -2.73. The zero-order chi connectivity index (χ0) is 17.5. The number of carbonyl (C=O) groups is 1. The third-order valence-corrected chi connectivity index (χ3v) is 3.89. The molecule has 3 aromatic rings. The van der Waals surface area contributed by atoms with Crippen LogP contribution in [0.1, 0.15) is 16.9 Å². The van der Waals surface area contributed by atoms with Gasteiger partial charge in [-0.3, -0.25) is 4.79 Å². The third-order valence-electron chi connectivity index (χ3n) is 3.89. The summed E-state index contributed by atoms with van der Waals surface area (Å²) >= 11 is 0. The van der Waals surface area contributed by atoms with Crippen LogP contribution in [-0.4, -0.2) is 37.3 Å². The van der Waals surface area contributed by atoms with Crippen LogP contribution in [0.25, 0.3) is 11.1 Å². The number of nitrogens with one attached hydrogen (secondary N) is 1. The van der Waals surface area contributed by atoms with Crippen LogP contribution in [0.3, 0.4) is 0 Å². The average Bonchev–Trinajstić information content (AvgIpc) is 3.21. The van der Waals surface area contributed by atoms with Crippen molar-refractivity contribution < 1.29 is 18.7 Å². The molecule has 6 nitrogen and oxygen atoms in total. The molecule has 2 heterocycles. The number of hydrogen-bond donors (Lipinski definition) is 1. The number of aryl methyl sites for hydroxylation is 1. The molecule has 1 N–H and O–H groups in total. The van der Waals surface area contributed by atoms with Crippen molar-refractivity contribution in [2.45, 2.75) is 13.0 Å². The van der Waals surface area contributed by atoms with Crippen LogP contribution >= 0.6 is 0 Å². The van der Waals surface area contributed by atoms with Crippen LogP contribution < -0.4 is 10.1 Å². The quantitative estimate of drug-likeness (QED) is 0.607. The topological polar surface area (TPSA) is 65.6 Å². The van der Waals surface area contributed by atoms with Crippen LogP contribution in [0.15, 0.2) is 53.1 Å². The molecule has 0 atom stereocenters. The number of hydrogen-bond acceptors (Lipinski definition) is 4. The van der Waals surface area contributed by atoms with Gasteiger partial charge in [-0.05, 0) is 18.6 Å². The van der Waals surface area contributed by atoms with Crippen molar-refractivity contribution in [1.82, 2.24) is 9.88 Å². The Labute approximate surface area is 146 Å². The van der Waals surface area contributed by atoms with Crippen LogP contribution in [0.5, 0.6) is 5.75 Å². The lowest BCUT2D eigenvalue weighted by Gasteiger charge is -2.11. The molecule has 3 rings (SSSR count). The van der Waals surface area contributed by atoms with E-state index in [1.54, 1.807) is 19.4 Å². The Balaban J connectivity index is 1.63. The molecule has 25 heavy (non-hydrogen) atoms. The van der Waals surface area contributed by atoms with Gasteiger partial charge in [0.05, 0.1) is 25.0 Å². The Morgan fingerprint density at radius 1 is 1.20 bits per heavy atom. The molecule has 0 aliphatic heterocycles. The fourth-order valence-corrected chi connectivity index (χ4v) is 2.69. The number of benzene rings is 1. The van der Waals surface area contributed by atoms with Gasteiger partial charge in [0, 0.05) is 32.3 Å². The minimum atomic E-state index is -0.132. The van der Waals surface area contributed by atoms with Gasteiger partial charge in [-0.2, -0.15) is 0 Å². The summed E-state index contributed by atoms with van der Waals surface area (Å²) in [6, 6.07) is 13.3. The van der Waals surface area contributed by atoms with Gasteiger partial charge in [-0.25, -0.2) is 0 Å². The summed E-state index contributed by atoms with van der Waals surface area (Å²) in [6.07, 6.45) is 2.41. The smallest absolute Gasteiger partial charge is 0.268 e. The molecule has 0 bridgehead atoms. The number of amides is 1. The summed E-state index contributed by atoms with van der Waals surface area (Å²) in [6.45, 7) is 2.20. The van der Waals surface area contributed by atoms with Gasteiger partial charge in [0.15, 0.2) is 5.58 Å². The summed E-state index contributed by atoms with van der Waals surface area (Å²) in [5.41, 5.74) is 2.21. The van der Waals surface area contributed by atoms with Gasteiger partial charge in [-0.15, -0.1) is 0 Å². The van der Waals surface area contributed by atoms with Gasteiger partial charge in [0.1, 0.15) is 11.4 Å². The lowest BCUT2D eigenvalue weighted by Crippen LogP contribution is -2.29. The molecule has 0 aliphatic rings. The summed E-state index contributed by atoms with van der Waals surface area (Å²) < 4.78 is 18.1. The molecule has 0 spiro atoms. The fourth-order valence-electron chi connectivity index (χ4n) is 2.69. The highest BCUT2D eigenvalue weighted by molar-refractivity contribution is 5.97. The van der Waals surface area contributed by atoms with Crippen molar-refractivity contribution >= 4 is 17.0 Å². The highest BCUT2D eigenvalue weighted by atomic mass is 16.5. The molecule has 0 saturated heterocycles. The van der Waals surface area contributed by atoms with Gasteiger partial charge < -0.3 is 23.8 Å². The zero-order valence-corrected chi connectivity index (χ0v) is 14.2. The maximum Gasteiger partial charge on any atom is 0.268 e. The third kappa shape index (κ3) is 4.22. The molecule has 6 heteroatoms. The Morgan fingerprint density at radius 2 is 2.04 bits per heavy atom. The lowest BCUT2D eigenvalue weighted by atomic mass is 10.3. The molecular formula is C19H22N2O4. The maximum absolute atomic E-state index is 12.4. The summed E-state index contributed by atoms with van der Waals surface area (Å²) in [5, 5.41) is 2.85. The number of carbonyl (C=O) groups excluding carboxylic acids is 1. The van der Waals surface area contributed by atoms with E-state index in [4.69, 9.17) is 13.9 Å². The van der Waals surface area contributed by atoms with E-state index in [-0.39, 0.29) is 5.91 Å². The molecule has 2 aromatic heterocycles. The highest BCUT2D eigenvalue weighted by Crippen LogP contribution is 2.21. The van der Waals surface area contributed by atoms with E-state index in [2.05, 4.69) is 5.32 Å². The molecule has 0 radical (unpaired) electrons. The Bertz CT molecular complexity index is 807. The number of methoxy groups -OCH3 is 1. The largest absolute Gasteiger partial charge is 0.494 e. The molecule has 0 aliphatic carbocycles. The van der Waals surface area contributed by atoms with Crippen molar-refractivity contribution in [2.24, 2.45) is 0 Å². The zero-order valence-electron chi connectivity index (χ0n) is 14.2. The van der Waals surface area contributed by atoms with Gasteiger partial charge in [0.2, 0.25) is 0 Å². The number of fused-ring (bicyclic) bond motifs is 1. The normalized spacial score (nSPS) is 10.9. The number of rotatable bonds is 9. The first-order valence-electron chi connectivity index (χ1n) is 8.31. The van der Waals surface area contributed by atoms with Gasteiger partial charge in [-0.1, -0.05) is 18.2 Å². The predicted molar refractivity (Wildman–Crippen MR) is 95.0 cm³/mol. The first-order valence-corrected chi connectivity index (χ1v) is 8.31. The Morgan fingerprint density at radius 3 is 2.84 bits per heavy atom. The van der Waals surface area contributed by atoms with Gasteiger partial charge in [0.25, 0.3) is 5.91 Å². The van der Waals surface area contributed by atoms with E-state index in [9.17, 15) is 4.79 Å². The van der Waals surface area contributed by atoms with Crippen molar-refractivity contribution in [3.05, 3.63) is 54.4 Å². The summed E-state index contributed by atoms with van der Waals surface area (Å²) in [7, 11) is 1.61. The van der Waals surface area contributed by atoms with Crippen LogP contribution in [0, 0.1) is 0 Å². The maximum atomic E-state index is 12.4. The highest BCUT2D eigenvalue weighted by Gasteiger charge is 2.16. The van der Waals surface area contributed by atoms with Crippen molar-refractivity contribution in [1.29, 1.82) is 0 Å². The minimum absolute atomic E-state index is 0.132. The number of ether oxygens (including phenoxy) is 2. The minimum Gasteiger partial charge on any atom is -0.494 e. The van der Waals surface area contributed by atoms with Crippen molar-refractivity contribution in [2.75, 3.05) is 26.9 Å². The SMILES string of the molecule is COCCNC(=O)c1cc2occc2n1CCCOc1ccccc1. The summed E-state index contributed by atoms with van der Waals surface area (Å²) in [4.78, 5) is 12.4. The van der Waals surface area contributed by atoms with E-state index in [1.807, 2.05) is 41.0 Å². The van der Waals surface area contributed by atoms with Crippen LogP contribution in [0.4, 0.5) is 0 Å². The van der Waals surface area contributed by atoms with E-state index < -0.39 is 0 Å². The van der Waals surface area contributed by atoms with Crippen LogP contribution in [0.2, 0.25) is 0 Å². The standard InChI is InChI=1S/C19H22N2O4/c1-23-13-9-20-19(22)17-14-18-16(8-12-25-18)21(17)10-5-11-24-15-6-3-2-4-7-15/h2-4,6-8,12,14H,5,9-11,13H2,1H3,(H,20,22). The average molecular weight is 342 g/mol. The molecule has 1 aromatic carbocycles. The molecule has 132 valence electrons. The molecule has 0 unspecified atom stereocenters. The van der Waals surface area contributed by atoms with E-state index in [1.165, 1.54) is 0 Å². The number of para-hydroxylation sites is 1. The van der Waals surface area contributed by atoms with E-state index in [0.29, 0.717) is 37.6 Å². The molecule has 1 amide bonds. The number of nitrogens with zero attached hydrogens (tertiary/aromatic N) is 1. The summed E-state index contributed by atoms with van der Waals surface area (Å²) in [5.74, 6) is 0.716. The lowest BCUT2D eigenvalue weighted by molar-refractivity contribution is 0.0927. The molecular weight excluding hydrogens is 320 g/mol. The molecule has 0 saturated carbocycles. The van der Waals surface area contributed by atoms with E-state index >= 15 is 0 Å². The first kappa shape index (κ1) is 17.1.